The third-order valence-electron chi connectivity index (χ3n) is 6.04. The number of furan rings is 1. The lowest BCUT2D eigenvalue weighted by Crippen LogP contribution is -2.20. The average Bonchev–Trinajstić information content (AvgIpc) is 3.37. The number of halogens is 3. The maximum atomic E-state index is 13.5. The van der Waals surface area contributed by atoms with Crippen LogP contribution in [0.5, 0.6) is 5.75 Å². The van der Waals surface area contributed by atoms with E-state index in [4.69, 9.17) is 37.3 Å². The first kappa shape index (κ1) is 25.4. The summed E-state index contributed by atoms with van der Waals surface area (Å²) in [4.78, 5) is 18.2. The molecule has 39 heavy (non-hydrogen) atoms. The Bertz CT molecular complexity index is 1930. The fraction of sp³-hybridized carbons (Fsp3) is 0.0333. The van der Waals surface area contributed by atoms with E-state index in [1.54, 1.807) is 36.5 Å². The van der Waals surface area contributed by atoms with Gasteiger partial charge in [0.15, 0.2) is 5.76 Å². The number of rotatable bonds is 6. The van der Waals surface area contributed by atoms with Crippen LogP contribution in [-0.2, 0) is 6.61 Å². The zero-order valence-electron chi connectivity index (χ0n) is 20.1. The summed E-state index contributed by atoms with van der Waals surface area (Å²) in [6.45, 7) is 0.347. The molecule has 192 valence electrons. The standard InChI is InChI=1S/C30H18BrCl2N3O3/c31-21-8-12-27-20(14-21)15-28(39-27)29-35-26-4-2-1-3-23(26)30(37)36(29)34-16-18-5-9-22(10-6-18)38-17-19-7-11-24(32)25(33)13-19/h1-16H,17H2. The molecular formula is C30H18BrCl2N3O3. The largest absolute Gasteiger partial charge is 0.489 e. The predicted octanol–water partition coefficient (Wildman–Crippen LogP) is 8.34. The molecule has 0 amide bonds. The number of para-hydroxylation sites is 1. The van der Waals surface area contributed by atoms with E-state index in [-0.39, 0.29) is 5.56 Å². The van der Waals surface area contributed by atoms with E-state index < -0.39 is 0 Å². The van der Waals surface area contributed by atoms with Crippen molar-refractivity contribution in [3.05, 3.63) is 127 Å². The molecule has 2 aromatic heterocycles. The molecule has 0 spiro atoms. The second kappa shape index (κ2) is 10.7. The van der Waals surface area contributed by atoms with Crippen molar-refractivity contribution in [3.8, 4) is 17.3 Å². The Labute approximate surface area is 241 Å². The highest BCUT2D eigenvalue weighted by Gasteiger charge is 2.16. The second-order valence-corrected chi connectivity index (χ2v) is 10.4. The summed E-state index contributed by atoms with van der Waals surface area (Å²) in [6, 6.07) is 27.5. The number of hydrogen-bond acceptors (Lipinski definition) is 5. The highest BCUT2D eigenvalue weighted by atomic mass is 79.9. The molecule has 6 aromatic rings. The second-order valence-electron chi connectivity index (χ2n) is 8.71. The van der Waals surface area contributed by atoms with Crippen molar-refractivity contribution in [2.45, 2.75) is 6.61 Å². The van der Waals surface area contributed by atoms with Gasteiger partial charge in [-0.1, -0.05) is 57.3 Å². The van der Waals surface area contributed by atoms with E-state index in [9.17, 15) is 4.79 Å². The molecular weight excluding hydrogens is 601 g/mol. The van der Waals surface area contributed by atoms with E-state index in [0.717, 1.165) is 21.0 Å². The predicted molar refractivity (Wildman–Crippen MR) is 159 cm³/mol. The number of nitrogens with zero attached hydrogens (tertiary/aromatic N) is 3. The van der Waals surface area contributed by atoms with Crippen LogP contribution in [-0.4, -0.2) is 15.9 Å². The van der Waals surface area contributed by atoms with Crippen LogP contribution < -0.4 is 10.3 Å². The molecule has 0 radical (unpaired) electrons. The summed E-state index contributed by atoms with van der Waals surface area (Å²) in [5, 5.41) is 6.84. The van der Waals surface area contributed by atoms with Crippen LogP contribution in [0, 0.1) is 0 Å². The van der Waals surface area contributed by atoms with Crippen LogP contribution in [0.2, 0.25) is 10.0 Å². The molecule has 0 fully saturated rings. The van der Waals surface area contributed by atoms with Gasteiger partial charge in [0.2, 0.25) is 5.82 Å². The maximum absolute atomic E-state index is 13.5. The molecule has 6 nitrogen and oxygen atoms in total. The first-order valence-corrected chi connectivity index (χ1v) is 13.4. The fourth-order valence-corrected chi connectivity index (χ4v) is 4.78. The number of ether oxygens (including phenoxy) is 1. The van der Waals surface area contributed by atoms with Crippen molar-refractivity contribution in [1.82, 2.24) is 9.66 Å². The lowest BCUT2D eigenvalue weighted by molar-refractivity contribution is 0.306. The molecule has 0 N–H and O–H groups in total. The normalized spacial score (nSPS) is 11.6. The van der Waals surface area contributed by atoms with Gasteiger partial charge in [-0.25, -0.2) is 4.98 Å². The maximum Gasteiger partial charge on any atom is 0.282 e. The zero-order chi connectivity index (χ0) is 26.9. The summed E-state index contributed by atoms with van der Waals surface area (Å²) in [5.74, 6) is 1.43. The van der Waals surface area contributed by atoms with Gasteiger partial charge in [-0.3, -0.25) is 4.79 Å². The molecule has 2 heterocycles. The number of hydrogen-bond donors (Lipinski definition) is 0. The molecule has 0 aliphatic carbocycles. The van der Waals surface area contributed by atoms with Crippen molar-refractivity contribution < 1.29 is 9.15 Å². The molecule has 0 saturated carbocycles. The molecule has 4 aromatic carbocycles. The van der Waals surface area contributed by atoms with Gasteiger partial charge in [-0.15, -0.1) is 0 Å². The monoisotopic (exact) mass is 617 g/mol. The molecule has 0 aliphatic rings. The van der Waals surface area contributed by atoms with Crippen LogP contribution >= 0.6 is 39.1 Å². The molecule has 9 heteroatoms. The van der Waals surface area contributed by atoms with E-state index in [1.165, 1.54) is 4.68 Å². The van der Waals surface area contributed by atoms with E-state index in [1.807, 2.05) is 60.7 Å². The third kappa shape index (κ3) is 5.34. The summed E-state index contributed by atoms with van der Waals surface area (Å²) in [6.07, 6.45) is 1.60. The number of fused-ring (bicyclic) bond motifs is 2. The van der Waals surface area contributed by atoms with Gasteiger partial charge in [0, 0.05) is 9.86 Å². The van der Waals surface area contributed by atoms with E-state index in [0.29, 0.717) is 50.5 Å². The molecule has 6 rings (SSSR count). The third-order valence-corrected chi connectivity index (χ3v) is 7.28. The van der Waals surface area contributed by atoms with Crippen LogP contribution in [0.4, 0.5) is 0 Å². The van der Waals surface area contributed by atoms with Gasteiger partial charge in [0.05, 0.1) is 27.2 Å². The lowest BCUT2D eigenvalue weighted by Gasteiger charge is -2.08. The molecule has 0 aliphatic heterocycles. The summed E-state index contributed by atoms with van der Waals surface area (Å²) in [7, 11) is 0. The average molecular weight is 619 g/mol. The minimum Gasteiger partial charge on any atom is -0.489 e. The zero-order valence-corrected chi connectivity index (χ0v) is 23.2. The molecule has 0 atom stereocenters. The van der Waals surface area contributed by atoms with Crippen LogP contribution in [0.3, 0.4) is 0 Å². The van der Waals surface area contributed by atoms with E-state index in [2.05, 4.69) is 21.0 Å². The van der Waals surface area contributed by atoms with Gasteiger partial charge in [-0.05, 0) is 83.9 Å². The molecule has 0 saturated heterocycles. The Hall–Kier alpha value is -3.91. The van der Waals surface area contributed by atoms with Crippen LogP contribution in [0.15, 0.2) is 110 Å². The smallest absolute Gasteiger partial charge is 0.282 e. The van der Waals surface area contributed by atoms with Crippen molar-refractivity contribution in [2.24, 2.45) is 5.10 Å². The van der Waals surface area contributed by atoms with E-state index >= 15 is 0 Å². The topological polar surface area (TPSA) is 69.6 Å². The quantitative estimate of drug-likeness (QED) is 0.176. The Morgan fingerprint density at radius 1 is 0.949 bits per heavy atom. The van der Waals surface area contributed by atoms with Gasteiger partial charge < -0.3 is 9.15 Å². The van der Waals surface area contributed by atoms with Crippen molar-refractivity contribution in [3.63, 3.8) is 0 Å². The van der Waals surface area contributed by atoms with Crippen LogP contribution in [0.1, 0.15) is 11.1 Å². The van der Waals surface area contributed by atoms with Gasteiger partial charge >= 0.3 is 0 Å². The minimum absolute atomic E-state index is 0.296. The van der Waals surface area contributed by atoms with Gasteiger partial charge in [0.1, 0.15) is 17.9 Å². The lowest BCUT2D eigenvalue weighted by atomic mass is 10.2. The first-order valence-electron chi connectivity index (χ1n) is 11.9. The van der Waals surface area contributed by atoms with Crippen molar-refractivity contribution in [1.29, 1.82) is 0 Å². The van der Waals surface area contributed by atoms with Crippen molar-refractivity contribution in [2.75, 3.05) is 0 Å². The Kier molecular flexibility index (Phi) is 6.95. The highest BCUT2D eigenvalue weighted by Crippen LogP contribution is 2.29. The number of aromatic nitrogens is 2. The Morgan fingerprint density at radius 2 is 1.77 bits per heavy atom. The van der Waals surface area contributed by atoms with Crippen molar-refractivity contribution >= 4 is 67.2 Å². The fourth-order valence-electron chi connectivity index (χ4n) is 4.09. The first-order chi connectivity index (χ1) is 18.9. The van der Waals surface area contributed by atoms with Gasteiger partial charge in [-0.2, -0.15) is 9.78 Å². The Morgan fingerprint density at radius 3 is 2.59 bits per heavy atom. The Balaban J connectivity index is 1.31. The summed E-state index contributed by atoms with van der Waals surface area (Å²) < 4.78 is 14.1. The van der Waals surface area contributed by atoms with Crippen LogP contribution in [0.25, 0.3) is 33.5 Å². The minimum atomic E-state index is -0.296. The number of benzene rings is 4. The summed E-state index contributed by atoms with van der Waals surface area (Å²) >= 11 is 15.5. The SMILES string of the molecule is O=c1c2ccccc2nc(-c2cc3cc(Br)ccc3o2)n1N=Cc1ccc(OCc2ccc(Cl)c(Cl)c2)cc1. The molecule has 0 unspecified atom stereocenters. The van der Waals surface area contributed by atoms with Gasteiger partial charge in [0.25, 0.3) is 5.56 Å². The molecule has 0 bridgehead atoms. The highest BCUT2D eigenvalue weighted by molar-refractivity contribution is 9.10. The summed E-state index contributed by atoms with van der Waals surface area (Å²) in [5.41, 5.74) is 2.63.